The first-order valence-electron chi connectivity index (χ1n) is 38.1. The summed E-state index contributed by atoms with van der Waals surface area (Å²) in [7, 11) is 0. The Kier molecular flexibility index (Phi) is 63.3. The summed E-state index contributed by atoms with van der Waals surface area (Å²) in [5.41, 5.74) is 0. The van der Waals surface area contributed by atoms with Crippen LogP contribution in [0.3, 0.4) is 0 Å². The van der Waals surface area contributed by atoms with E-state index in [4.69, 9.17) is 14.2 Å². The summed E-state index contributed by atoms with van der Waals surface area (Å²) >= 11 is 0. The Bertz CT molecular complexity index is 1660. The Morgan fingerprint density at radius 2 is 0.753 bits per heavy atom. The van der Waals surface area contributed by atoms with Gasteiger partial charge in [0.1, 0.15) is 24.4 Å². The molecule has 11 heteroatoms. The van der Waals surface area contributed by atoms with Gasteiger partial charge in [0, 0.05) is 12.8 Å². The molecule has 89 heavy (non-hydrogen) atoms. The van der Waals surface area contributed by atoms with Gasteiger partial charge in [-0.25, -0.2) is 0 Å². The highest BCUT2D eigenvalue weighted by Crippen LogP contribution is 2.23. The van der Waals surface area contributed by atoms with Crippen molar-refractivity contribution in [2.75, 3.05) is 19.8 Å². The molecule has 11 nitrogen and oxygen atoms in total. The lowest BCUT2D eigenvalue weighted by atomic mass is 9.99. The quantitative estimate of drug-likeness (QED) is 0.0195. The van der Waals surface area contributed by atoms with Gasteiger partial charge < -0.3 is 45.1 Å². The summed E-state index contributed by atoms with van der Waals surface area (Å²) in [6.07, 6.45) is 79.6. The van der Waals surface area contributed by atoms with Crippen molar-refractivity contribution >= 4 is 11.9 Å². The Hall–Kier alpha value is -2.64. The van der Waals surface area contributed by atoms with E-state index in [1.165, 1.54) is 263 Å². The number of esters is 1. The standard InChI is InChI=1S/C78H143NO10/c1-3-5-7-9-11-13-14-15-16-17-33-37-40-43-46-50-54-58-62-66-74(83)87-67-63-59-55-51-47-44-41-38-35-32-30-28-26-24-22-20-18-19-21-23-25-27-29-31-34-36-39-42-45-49-53-57-61-65-73(82)79-70(71(81)64-60-56-52-48-12-10-8-6-4-2)69-88-78-77(86)76(85)75(84)72(68-80)89-78/h11,13,15-16,22,24,28,30,60,64,70-72,75-78,80-81,84-86H,3-10,12,14,17-21,23,25-27,29,31-59,61-63,65-69H2,1-2H3,(H,79,82)/b13-11-,16-15-,24-22-,30-28-,64-60+. The Balaban J connectivity index is 1.89. The number of carbonyl (C=O) groups is 2. The molecule has 7 unspecified atom stereocenters. The van der Waals surface area contributed by atoms with Crippen LogP contribution in [0.1, 0.15) is 361 Å². The van der Waals surface area contributed by atoms with Crippen LogP contribution in [0.4, 0.5) is 0 Å². The minimum atomic E-state index is -1.57. The maximum Gasteiger partial charge on any atom is 0.305 e. The zero-order valence-electron chi connectivity index (χ0n) is 57.9. The highest BCUT2D eigenvalue weighted by molar-refractivity contribution is 5.76. The minimum Gasteiger partial charge on any atom is -0.466 e. The third-order valence-corrected chi connectivity index (χ3v) is 17.8. The molecule has 0 aromatic heterocycles. The van der Waals surface area contributed by atoms with Gasteiger partial charge in [0.15, 0.2) is 6.29 Å². The Morgan fingerprint density at radius 3 is 1.16 bits per heavy atom. The minimum absolute atomic E-state index is 0.00311. The van der Waals surface area contributed by atoms with Crippen molar-refractivity contribution in [1.29, 1.82) is 0 Å². The number of hydrogen-bond donors (Lipinski definition) is 6. The zero-order valence-corrected chi connectivity index (χ0v) is 57.9. The van der Waals surface area contributed by atoms with E-state index in [0.717, 1.165) is 70.6 Å². The molecule has 0 aromatic carbocycles. The molecule has 0 aromatic rings. The van der Waals surface area contributed by atoms with Crippen molar-refractivity contribution in [3.05, 3.63) is 60.8 Å². The molecule has 1 aliphatic rings. The lowest BCUT2D eigenvalue weighted by molar-refractivity contribution is -0.302. The van der Waals surface area contributed by atoms with Gasteiger partial charge in [-0.2, -0.15) is 0 Å². The Morgan fingerprint density at radius 1 is 0.416 bits per heavy atom. The second-order valence-corrected chi connectivity index (χ2v) is 26.3. The normalized spacial score (nSPS) is 18.0. The molecule has 1 aliphatic heterocycles. The first-order chi connectivity index (χ1) is 43.7. The first-order valence-corrected chi connectivity index (χ1v) is 38.1. The average Bonchev–Trinajstić information content (AvgIpc) is 1.96. The van der Waals surface area contributed by atoms with E-state index in [9.17, 15) is 35.1 Å². The third-order valence-electron chi connectivity index (χ3n) is 17.8. The summed E-state index contributed by atoms with van der Waals surface area (Å²) in [6.45, 7) is 4.32. The zero-order chi connectivity index (χ0) is 64.4. The monoisotopic (exact) mass is 1250 g/mol. The van der Waals surface area contributed by atoms with E-state index in [1.54, 1.807) is 6.08 Å². The summed E-state index contributed by atoms with van der Waals surface area (Å²) in [5.74, 6) is -0.178. The van der Waals surface area contributed by atoms with Crippen LogP contribution in [0.5, 0.6) is 0 Å². The molecule has 520 valence electrons. The number of aliphatic hydroxyl groups is 5. The van der Waals surface area contributed by atoms with E-state index in [1.807, 2.05) is 6.08 Å². The lowest BCUT2D eigenvalue weighted by Gasteiger charge is -2.40. The molecule has 1 fully saturated rings. The predicted molar refractivity (Wildman–Crippen MR) is 375 cm³/mol. The molecule has 6 N–H and O–H groups in total. The summed E-state index contributed by atoms with van der Waals surface area (Å²) in [5, 5.41) is 54.3. The highest BCUT2D eigenvalue weighted by Gasteiger charge is 2.44. The Labute approximate surface area is 548 Å². The molecule has 1 rings (SSSR count). The number of ether oxygens (including phenoxy) is 3. The first kappa shape index (κ1) is 84.4. The van der Waals surface area contributed by atoms with Crippen molar-refractivity contribution in [1.82, 2.24) is 5.32 Å². The van der Waals surface area contributed by atoms with Crippen molar-refractivity contribution in [3.63, 3.8) is 0 Å². The van der Waals surface area contributed by atoms with E-state index >= 15 is 0 Å². The van der Waals surface area contributed by atoms with Crippen molar-refractivity contribution in [2.24, 2.45) is 0 Å². The van der Waals surface area contributed by atoms with Crippen LogP contribution < -0.4 is 5.32 Å². The maximum atomic E-state index is 13.0. The number of hydrogen-bond acceptors (Lipinski definition) is 10. The fourth-order valence-corrected chi connectivity index (χ4v) is 11.9. The number of allylic oxidation sites excluding steroid dienone is 9. The second kappa shape index (κ2) is 66.8. The van der Waals surface area contributed by atoms with Gasteiger partial charge in [-0.3, -0.25) is 9.59 Å². The van der Waals surface area contributed by atoms with Crippen LogP contribution in [0.2, 0.25) is 0 Å². The molecule has 1 amide bonds. The van der Waals surface area contributed by atoms with Gasteiger partial charge in [0.05, 0.1) is 32.0 Å². The number of aliphatic hydroxyl groups excluding tert-OH is 5. The molecule has 7 atom stereocenters. The molecule has 1 heterocycles. The van der Waals surface area contributed by atoms with E-state index in [0.29, 0.717) is 19.4 Å². The molecular weight excluding hydrogens is 1110 g/mol. The third kappa shape index (κ3) is 55.5. The van der Waals surface area contributed by atoms with Crippen LogP contribution in [0, 0.1) is 0 Å². The molecule has 1 saturated heterocycles. The van der Waals surface area contributed by atoms with Gasteiger partial charge in [-0.1, -0.05) is 312 Å². The topological polar surface area (TPSA) is 175 Å². The van der Waals surface area contributed by atoms with Gasteiger partial charge in [0.2, 0.25) is 5.91 Å². The predicted octanol–water partition coefficient (Wildman–Crippen LogP) is 20.1. The van der Waals surface area contributed by atoms with Gasteiger partial charge in [-0.05, 0) is 96.3 Å². The van der Waals surface area contributed by atoms with Gasteiger partial charge >= 0.3 is 5.97 Å². The summed E-state index contributed by atoms with van der Waals surface area (Å²) in [6, 6.07) is -0.808. The molecule has 0 aliphatic carbocycles. The van der Waals surface area contributed by atoms with Gasteiger partial charge in [-0.15, -0.1) is 0 Å². The molecular formula is C78H143NO10. The molecule has 0 bridgehead atoms. The average molecular weight is 1250 g/mol. The van der Waals surface area contributed by atoms with Crippen molar-refractivity contribution in [3.8, 4) is 0 Å². The summed E-state index contributed by atoms with van der Waals surface area (Å²) < 4.78 is 16.7. The molecule has 0 spiro atoms. The fraction of sp³-hybridized carbons (Fsp3) is 0.846. The van der Waals surface area contributed by atoms with Crippen molar-refractivity contribution < 1.29 is 49.3 Å². The highest BCUT2D eigenvalue weighted by atomic mass is 16.7. The number of carbonyl (C=O) groups excluding carboxylic acids is 2. The number of unbranched alkanes of at least 4 members (excludes halogenated alkanes) is 45. The van der Waals surface area contributed by atoms with Crippen LogP contribution >= 0.6 is 0 Å². The second-order valence-electron chi connectivity index (χ2n) is 26.3. The fourth-order valence-electron chi connectivity index (χ4n) is 11.9. The van der Waals surface area contributed by atoms with E-state index in [2.05, 4.69) is 67.8 Å². The van der Waals surface area contributed by atoms with Crippen LogP contribution in [0.15, 0.2) is 60.8 Å². The summed E-state index contributed by atoms with van der Waals surface area (Å²) in [4.78, 5) is 25.1. The lowest BCUT2D eigenvalue weighted by Crippen LogP contribution is -2.60. The van der Waals surface area contributed by atoms with Crippen LogP contribution in [-0.4, -0.2) is 100 Å². The van der Waals surface area contributed by atoms with E-state index < -0.39 is 49.5 Å². The number of rotatable bonds is 67. The van der Waals surface area contributed by atoms with Gasteiger partial charge in [0.25, 0.3) is 0 Å². The molecule has 0 radical (unpaired) electrons. The maximum absolute atomic E-state index is 13.0. The number of amides is 1. The largest absolute Gasteiger partial charge is 0.466 e. The van der Waals surface area contributed by atoms with Crippen LogP contribution in [0.25, 0.3) is 0 Å². The molecule has 0 saturated carbocycles. The van der Waals surface area contributed by atoms with E-state index in [-0.39, 0.29) is 18.5 Å². The van der Waals surface area contributed by atoms with Crippen LogP contribution in [-0.2, 0) is 23.8 Å². The smallest absolute Gasteiger partial charge is 0.305 e. The number of nitrogens with one attached hydrogen (secondary N) is 1. The van der Waals surface area contributed by atoms with Crippen molar-refractivity contribution in [2.45, 2.75) is 403 Å². The SMILES string of the molecule is CCCCC/C=C\C/C=C\CCCCCCCCCCCC(=O)OCCCCCCCCCCC/C=C\C/C=C\CCCCCCCCCCCCCCCCCCCC(=O)NC(COC1OC(CO)C(O)C(O)C1O)C(O)/C=C/CCCCCCCCC.